The minimum absolute atomic E-state index is 0.00461. The number of aryl methyl sites for hydroxylation is 2. The Hall–Kier alpha value is -2.48. The van der Waals surface area contributed by atoms with Crippen molar-refractivity contribution in [2.45, 2.75) is 44.2 Å². The van der Waals surface area contributed by atoms with Crippen molar-refractivity contribution in [1.29, 1.82) is 0 Å². The van der Waals surface area contributed by atoms with Gasteiger partial charge in [-0.25, -0.2) is 8.42 Å². The molecule has 2 heterocycles. The van der Waals surface area contributed by atoms with Gasteiger partial charge in [-0.2, -0.15) is 4.31 Å². The quantitative estimate of drug-likeness (QED) is 0.654. The van der Waals surface area contributed by atoms with Gasteiger partial charge in [0, 0.05) is 25.3 Å². The Kier molecular flexibility index (Phi) is 5.77. The van der Waals surface area contributed by atoms with Gasteiger partial charge in [0.1, 0.15) is 0 Å². The van der Waals surface area contributed by atoms with Crippen molar-refractivity contribution in [3.63, 3.8) is 0 Å². The molecule has 1 fully saturated rings. The highest BCUT2D eigenvalue weighted by Crippen LogP contribution is 2.23. The van der Waals surface area contributed by atoms with Crippen LogP contribution in [0.3, 0.4) is 0 Å². The summed E-state index contributed by atoms with van der Waals surface area (Å²) in [5.41, 5.74) is 3.01. The molecule has 4 rings (SSSR count). The van der Waals surface area contributed by atoms with E-state index in [1.807, 2.05) is 26.0 Å². The van der Waals surface area contributed by atoms with Crippen molar-refractivity contribution >= 4 is 20.9 Å². The lowest BCUT2D eigenvalue weighted by Crippen LogP contribution is -2.38. The second kappa shape index (κ2) is 8.34. The number of sulfonamides is 1. The van der Waals surface area contributed by atoms with Crippen molar-refractivity contribution in [3.05, 3.63) is 75.6 Å². The molecule has 1 atom stereocenters. The number of nitrogens with zero attached hydrogens (tertiary/aromatic N) is 1. The number of aromatic nitrogens is 1. The van der Waals surface area contributed by atoms with Crippen molar-refractivity contribution in [2.75, 3.05) is 13.2 Å². The Morgan fingerprint density at radius 3 is 2.60 bits per heavy atom. The van der Waals surface area contributed by atoms with Gasteiger partial charge in [0.05, 0.1) is 16.5 Å². The number of nitrogens with one attached hydrogen (secondary N) is 1. The number of pyridine rings is 1. The first kappa shape index (κ1) is 20.8. The summed E-state index contributed by atoms with van der Waals surface area (Å²) < 4.78 is 33.8. The molecule has 1 saturated heterocycles. The maximum atomic E-state index is 13.4. The van der Waals surface area contributed by atoms with Crippen molar-refractivity contribution in [2.24, 2.45) is 0 Å². The van der Waals surface area contributed by atoms with E-state index >= 15 is 0 Å². The summed E-state index contributed by atoms with van der Waals surface area (Å²) in [6.45, 7) is 4.81. The molecule has 3 aromatic rings. The van der Waals surface area contributed by atoms with Crippen LogP contribution in [0, 0.1) is 13.8 Å². The van der Waals surface area contributed by atoms with E-state index < -0.39 is 10.0 Å². The SMILES string of the molecule is Cc1cc(C)c2[nH]c(=O)c(CN(C[C@@H]3CCCO3)S(=O)(=O)c3ccccc3)cc2c1. The van der Waals surface area contributed by atoms with E-state index in [-0.39, 0.29) is 29.6 Å². The summed E-state index contributed by atoms with van der Waals surface area (Å²) in [6, 6.07) is 14.2. The lowest BCUT2D eigenvalue weighted by Gasteiger charge is -2.25. The third-order valence-corrected chi connectivity index (χ3v) is 7.36. The van der Waals surface area contributed by atoms with Gasteiger partial charge < -0.3 is 9.72 Å². The first-order valence-corrected chi connectivity index (χ1v) is 11.6. The van der Waals surface area contributed by atoms with Gasteiger partial charge in [-0.3, -0.25) is 4.79 Å². The number of aromatic amines is 1. The molecule has 30 heavy (non-hydrogen) atoms. The maximum absolute atomic E-state index is 13.4. The zero-order valence-corrected chi connectivity index (χ0v) is 18.0. The van der Waals surface area contributed by atoms with Crippen LogP contribution in [0.5, 0.6) is 0 Å². The van der Waals surface area contributed by atoms with Gasteiger partial charge in [-0.15, -0.1) is 0 Å². The van der Waals surface area contributed by atoms with Crippen LogP contribution in [-0.4, -0.2) is 37.0 Å². The molecule has 7 heteroatoms. The molecule has 2 aromatic carbocycles. The van der Waals surface area contributed by atoms with Crippen LogP contribution < -0.4 is 5.56 Å². The van der Waals surface area contributed by atoms with Gasteiger partial charge in [0.15, 0.2) is 0 Å². The minimum atomic E-state index is -3.77. The van der Waals surface area contributed by atoms with E-state index in [0.29, 0.717) is 12.2 Å². The van der Waals surface area contributed by atoms with Crippen LogP contribution >= 0.6 is 0 Å². The molecule has 0 spiro atoms. The number of fused-ring (bicyclic) bond motifs is 1. The molecule has 0 amide bonds. The number of ether oxygens (including phenoxy) is 1. The Morgan fingerprint density at radius 1 is 1.13 bits per heavy atom. The van der Waals surface area contributed by atoms with Crippen LogP contribution in [0.15, 0.2) is 58.2 Å². The third-order valence-electron chi connectivity index (χ3n) is 5.53. The minimum Gasteiger partial charge on any atom is -0.377 e. The number of hydrogen-bond acceptors (Lipinski definition) is 4. The molecule has 1 aliphatic rings. The average molecular weight is 427 g/mol. The molecule has 1 aliphatic heterocycles. The molecule has 1 aromatic heterocycles. The van der Waals surface area contributed by atoms with Gasteiger partial charge >= 0.3 is 0 Å². The molecule has 0 saturated carbocycles. The monoisotopic (exact) mass is 426 g/mol. The zero-order valence-electron chi connectivity index (χ0n) is 17.2. The second-order valence-electron chi connectivity index (χ2n) is 7.92. The van der Waals surface area contributed by atoms with Crippen LogP contribution in [0.1, 0.15) is 29.5 Å². The predicted octanol–water partition coefficient (Wildman–Crippen LogP) is 3.51. The largest absolute Gasteiger partial charge is 0.377 e. The topological polar surface area (TPSA) is 79.5 Å². The Bertz CT molecular complexity index is 1210. The molecule has 1 N–H and O–H groups in total. The normalized spacial score (nSPS) is 17.1. The smallest absolute Gasteiger partial charge is 0.252 e. The molecular formula is C23H26N2O4S. The van der Waals surface area contributed by atoms with E-state index in [1.165, 1.54) is 4.31 Å². The first-order chi connectivity index (χ1) is 14.3. The summed E-state index contributed by atoms with van der Waals surface area (Å²) >= 11 is 0. The fourth-order valence-corrected chi connectivity index (χ4v) is 5.51. The summed E-state index contributed by atoms with van der Waals surface area (Å²) in [5.74, 6) is 0. The highest BCUT2D eigenvalue weighted by atomic mass is 32.2. The Balaban J connectivity index is 1.74. The Morgan fingerprint density at radius 2 is 1.90 bits per heavy atom. The summed E-state index contributed by atoms with van der Waals surface area (Å²) in [4.78, 5) is 15.9. The molecule has 158 valence electrons. The standard InChI is InChI=1S/C23H26N2O4S/c1-16-11-17(2)22-18(12-16)13-19(23(26)24-22)14-25(15-20-7-6-10-29-20)30(27,28)21-8-4-3-5-9-21/h3-5,8-9,11-13,20H,6-7,10,14-15H2,1-2H3,(H,24,26)/t20-/m0/s1. The van der Waals surface area contributed by atoms with Gasteiger partial charge in [-0.1, -0.05) is 29.8 Å². The zero-order chi connectivity index (χ0) is 21.3. The fourth-order valence-electron chi connectivity index (χ4n) is 4.04. The van der Waals surface area contributed by atoms with E-state index in [2.05, 4.69) is 4.98 Å². The van der Waals surface area contributed by atoms with E-state index in [1.54, 1.807) is 36.4 Å². The highest BCUT2D eigenvalue weighted by Gasteiger charge is 2.30. The van der Waals surface area contributed by atoms with E-state index in [4.69, 9.17) is 4.74 Å². The van der Waals surface area contributed by atoms with Crippen LogP contribution in [0.25, 0.3) is 10.9 Å². The molecule has 0 radical (unpaired) electrons. The lowest BCUT2D eigenvalue weighted by molar-refractivity contribution is 0.0925. The molecule has 0 aliphatic carbocycles. The molecule has 6 nitrogen and oxygen atoms in total. The van der Waals surface area contributed by atoms with Gasteiger partial charge in [0.2, 0.25) is 10.0 Å². The van der Waals surface area contributed by atoms with Gasteiger partial charge in [0.25, 0.3) is 5.56 Å². The first-order valence-electron chi connectivity index (χ1n) is 10.1. The van der Waals surface area contributed by atoms with E-state index in [0.717, 1.165) is 34.9 Å². The second-order valence-corrected chi connectivity index (χ2v) is 9.85. The van der Waals surface area contributed by atoms with Crippen molar-refractivity contribution in [1.82, 2.24) is 9.29 Å². The molecule has 0 bridgehead atoms. The van der Waals surface area contributed by atoms with Crippen LogP contribution in [0.4, 0.5) is 0 Å². The van der Waals surface area contributed by atoms with Crippen LogP contribution in [0.2, 0.25) is 0 Å². The average Bonchev–Trinajstić information content (AvgIpc) is 3.22. The number of benzene rings is 2. The summed E-state index contributed by atoms with van der Waals surface area (Å²) in [5, 5.41) is 0.899. The molecule has 0 unspecified atom stereocenters. The number of H-pyrrole nitrogens is 1. The maximum Gasteiger partial charge on any atom is 0.252 e. The van der Waals surface area contributed by atoms with E-state index in [9.17, 15) is 13.2 Å². The number of hydrogen-bond donors (Lipinski definition) is 1. The van der Waals surface area contributed by atoms with Gasteiger partial charge in [-0.05, 0) is 61.9 Å². The fraction of sp³-hybridized carbons (Fsp3) is 0.348. The van der Waals surface area contributed by atoms with Crippen LogP contribution in [-0.2, 0) is 21.3 Å². The summed E-state index contributed by atoms with van der Waals surface area (Å²) in [7, 11) is -3.77. The Labute approximate surface area is 176 Å². The predicted molar refractivity (Wildman–Crippen MR) is 117 cm³/mol. The van der Waals surface area contributed by atoms with Crippen molar-refractivity contribution in [3.8, 4) is 0 Å². The molecular weight excluding hydrogens is 400 g/mol. The van der Waals surface area contributed by atoms with Crippen molar-refractivity contribution < 1.29 is 13.2 Å². The highest BCUT2D eigenvalue weighted by molar-refractivity contribution is 7.89. The lowest BCUT2D eigenvalue weighted by atomic mass is 10.1. The third kappa shape index (κ3) is 4.19. The summed E-state index contributed by atoms with van der Waals surface area (Å²) in [6.07, 6.45) is 1.57. The number of rotatable bonds is 6.